The minimum absolute atomic E-state index is 0.214. The first kappa shape index (κ1) is 21.0. The number of methoxy groups -OCH3 is 1. The van der Waals surface area contributed by atoms with Gasteiger partial charge in [-0.05, 0) is 37.1 Å². The zero-order valence-electron chi connectivity index (χ0n) is 17.7. The highest BCUT2D eigenvalue weighted by molar-refractivity contribution is 5.79. The molecule has 3 rings (SSSR count). The van der Waals surface area contributed by atoms with Gasteiger partial charge in [-0.15, -0.1) is 0 Å². The van der Waals surface area contributed by atoms with Gasteiger partial charge < -0.3 is 24.8 Å². The fourth-order valence-electron chi connectivity index (χ4n) is 3.49. The highest BCUT2D eigenvalue weighted by Crippen LogP contribution is 2.35. The van der Waals surface area contributed by atoms with E-state index in [4.69, 9.17) is 14.2 Å². The number of nitrogens with one attached hydrogen (secondary N) is 2. The largest absolute Gasteiger partial charge is 0.494 e. The maximum absolute atomic E-state index is 5.91. The lowest BCUT2D eigenvalue weighted by molar-refractivity contribution is 0.185. The van der Waals surface area contributed by atoms with Gasteiger partial charge in [0, 0.05) is 44.8 Å². The van der Waals surface area contributed by atoms with Crippen LogP contribution in [0.25, 0.3) is 0 Å². The van der Waals surface area contributed by atoms with Crippen LogP contribution in [0.1, 0.15) is 36.1 Å². The Bertz CT molecular complexity index is 851. The number of ether oxygens (including phenoxy) is 3. The third-order valence-corrected chi connectivity index (χ3v) is 4.81. The fraction of sp³-hybridized carbons (Fsp3) is 0.435. The van der Waals surface area contributed by atoms with Gasteiger partial charge in [0.1, 0.15) is 17.6 Å². The molecule has 1 aliphatic rings. The number of aliphatic imine (C=N–C) groups is 1. The number of hydrogen-bond donors (Lipinski definition) is 2. The topological polar surface area (TPSA) is 64.1 Å². The summed E-state index contributed by atoms with van der Waals surface area (Å²) in [6.07, 6.45) is 1.14. The van der Waals surface area contributed by atoms with E-state index in [0.29, 0.717) is 26.3 Å². The predicted octanol–water partition coefficient (Wildman–Crippen LogP) is 3.42. The second kappa shape index (κ2) is 10.2. The van der Waals surface area contributed by atoms with Crippen LogP contribution in [0, 0.1) is 0 Å². The molecule has 2 aromatic carbocycles. The first-order chi connectivity index (χ1) is 14.1. The molecule has 2 aromatic rings. The zero-order valence-corrected chi connectivity index (χ0v) is 17.7. The Labute approximate surface area is 173 Å². The van der Waals surface area contributed by atoms with Crippen LogP contribution in [0.5, 0.6) is 11.5 Å². The standard InChI is InChI=1S/C23H31N3O3/c1-5-28-21-11-19-9-16(2)29-22(19)12-20(21)14-26-23(24-3)25-13-17-7-6-8-18(10-17)15-27-4/h6-8,10-12,16H,5,9,13-15H2,1-4H3,(H2,24,25,26). The van der Waals surface area contributed by atoms with Crippen LogP contribution < -0.4 is 20.1 Å². The van der Waals surface area contributed by atoms with E-state index >= 15 is 0 Å². The predicted molar refractivity (Wildman–Crippen MR) is 116 cm³/mol. The zero-order chi connectivity index (χ0) is 20.6. The van der Waals surface area contributed by atoms with E-state index < -0.39 is 0 Å². The lowest BCUT2D eigenvalue weighted by Crippen LogP contribution is -2.36. The molecule has 0 bridgehead atoms. The molecule has 29 heavy (non-hydrogen) atoms. The molecular weight excluding hydrogens is 366 g/mol. The van der Waals surface area contributed by atoms with E-state index in [1.165, 1.54) is 11.1 Å². The van der Waals surface area contributed by atoms with Gasteiger partial charge in [-0.3, -0.25) is 4.99 Å². The Kier molecular flexibility index (Phi) is 7.36. The first-order valence-electron chi connectivity index (χ1n) is 10.1. The molecule has 0 spiro atoms. The van der Waals surface area contributed by atoms with Gasteiger partial charge in [-0.25, -0.2) is 0 Å². The van der Waals surface area contributed by atoms with Crippen molar-refractivity contribution in [3.05, 3.63) is 58.7 Å². The van der Waals surface area contributed by atoms with Crippen molar-refractivity contribution in [1.29, 1.82) is 0 Å². The minimum atomic E-state index is 0.214. The van der Waals surface area contributed by atoms with Crippen molar-refractivity contribution >= 4 is 5.96 Å². The Hall–Kier alpha value is -2.73. The summed E-state index contributed by atoms with van der Waals surface area (Å²) in [5.74, 6) is 2.59. The Morgan fingerprint density at radius 3 is 2.72 bits per heavy atom. The van der Waals surface area contributed by atoms with Gasteiger partial charge in [0.25, 0.3) is 0 Å². The number of guanidine groups is 1. The second-order valence-electron chi connectivity index (χ2n) is 7.17. The van der Waals surface area contributed by atoms with E-state index in [2.05, 4.69) is 52.9 Å². The third-order valence-electron chi connectivity index (χ3n) is 4.81. The van der Waals surface area contributed by atoms with Crippen molar-refractivity contribution in [3.63, 3.8) is 0 Å². The molecule has 0 saturated carbocycles. The van der Waals surface area contributed by atoms with E-state index in [1.54, 1.807) is 14.2 Å². The number of benzene rings is 2. The molecule has 0 aromatic heterocycles. The number of hydrogen-bond acceptors (Lipinski definition) is 4. The molecule has 156 valence electrons. The maximum atomic E-state index is 5.91. The number of nitrogens with zero attached hydrogens (tertiary/aromatic N) is 1. The molecule has 0 amide bonds. The number of rotatable bonds is 8. The summed E-state index contributed by atoms with van der Waals surface area (Å²) in [6, 6.07) is 12.5. The van der Waals surface area contributed by atoms with Crippen LogP contribution >= 0.6 is 0 Å². The lowest BCUT2D eigenvalue weighted by Gasteiger charge is -2.16. The van der Waals surface area contributed by atoms with Gasteiger partial charge in [0.15, 0.2) is 5.96 Å². The highest BCUT2D eigenvalue weighted by atomic mass is 16.5. The van der Waals surface area contributed by atoms with Gasteiger partial charge >= 0.3 is 0 Å². The second-order valence-corrected chi connectivity index (χ2v) is 7.17. The summed E-state index contributed by atoms with van der Waals surface area (Å²) in [7, 11) is 3.48. The van der Waals surface area contributed by atoms with Crippen LogP contribution in [-0.4, -0.2) is 32.8 Å². The molecule has 1 aliphatic heterocycles. The molecule has 1 unspecified atom stereocenters. The maximum Gasteiger partial charge on any atom is 0.191 e. The summed E-state index contributed by atoms with van der Waals surface area (Å²) >= 11 is 0. The monoisotopic (exact) mass is 397 g/mol. The highest BCUT2D eigenvalue weighted by Gasteiger charge is 2.21. The molecule has 6 heteroatoms. The normalized spacial score (nSPS) is 15.6. The van der Waals surface area contributed by atoms with E-state index in [0.717, 1.165) is 35.0 Å². The van der Waals surface area contributed by atoms with Crippen molar-refractivity contribution < 1.29 is 14.2 Å². The Morgan fingerprint density at radius 2 is 1.97 bits per heavy atom. The van der Waals surface area contributed by atoms with Gasteiger partial charge in [0.05, 0.1) is 13.2 Å². The molecular formula is C23H31N3O3. The molecule has 1 heterocycles. The van der Waals surface area contributed by atoms with Crippen molar-refractivity contribution in [1.82, 2.24) is 10.6 Å². The van der Waals surface area contributed by atoms with Crippen LogP contribution in [0.2, 0.25) is 0 Å². The number of fused-ring (bicyclic) bond motifs is 1. The summed E-state index contributed by atoms with van der Waals surface area (Å²) in [5.41, 5.74) is 4.61. The minimum Gasteiger partial charge on any atom is -0.494 e. The van der Waals surface area contributed by atoms with Crippen LogP contribution in [0.15, 0.2) is 41.4 Å². The molecule has 0 aliphatic carbocycles. The quantitative estimate of drug-likeness (QED) is 0.528. The fourth-order valence-corrected chi connectivity index (χ4v) is 3.49. The van der Waals surface area contributed by atoms with E-state index in [9.17, 15) is 0 Å². The van der Waals surface area contributed by atoms with Gasteiger partial charge in [-0.1, -0.05) is 24.3 Å². The molecule has 6 nitrogen and oxygen atoms in total. The summed E-state index contributed by atoms with van der Waals surface area (Å²) in [5, 5.41) is 6.74. The van der Waals surface area contributed by atoms with Crippen LogP contribution in [0.4, 0.5) is 0 Å². The third kappa shape index (κ3) is 5.64. The SMILES string of the molecule is CCOc1cc2c(cc1CNC(=NC)NCc1cccc(COC)c1)OC(C)C2. The first-order valence-corrected chi connectivity index (χ1v) is 10.1. The van der Waals surface area contributed by atoms with Crippen molar-refractivity contribution in [3.8, 4) is 11.5 Å². The summed E-state index contributed by atoms with van der Waals surface area (Å²) in [6.45, 7) is 6.62. The Balaban J connectivity index is 1.62. The Morgan fingerprint density at radius 1 is 1.17 bits per heavy atom. The molecule has 2 N–H and O–H groups in total. The smallest absolute Gasteiger partial charge is 0.191 e. The van der Waals surface area contributed by atoms with Gasteiger partial charge in [0.2, 0.25) is 0 Å². The van der Waals surface area contributed by atoms with Crippen molar-refractivity contribution in [2.75, 3.05) is 20.8 Å². The van der Waals surface area contributed by atoms with Crippen molar-refractivity contribution in [2.45, 2.75) is 46.1 Å². The summed E-state index contributed by atoms with van der Waals surface area (Å²) < 4.78 is 17.0. The lowest BCUT2D eigenvalue weighted by atomic mass is 10.1. The average Bonchev–Trinajstić information content (AvgIpc) is 3.07. The molecule has 0 fully saturated rings. The molecule has 1 atom stereocenters. The van der Waals surface area contributed by atoms with Crippen LogP contribution in [0.3, 0.4) is 0 Å². The van der Waals surface area contributed by atoms with E-state index in [-0.39, 0.29) is 6.10 Å². The van der Waals surface area contributed by atoms with E-state index in [1.807, 2.05) is 13.0 Å². The van der Waals surface area contributed by atoms with Crippen LogP contribution in [-0.2, 0) is 30.9 Å². The molecule has 0 radical (unpaired) electrons. The van der Waals surface area contributed by atoms with Crippen molar-refractivity contribution in [2.24, 2.45) is 4.99 Å². The van der Waals surface area contributed by atoms with Gasteiger partial charge in [-0.2, -0.15) is 0 Å². The molecule has 0 saturated heterocycles. The average molecular weight is 398 g/mol. The summed E-state index contributed by atoms with van der Waals surface area (Å²) in [4.78, 5) is 4.33.